The fourth-order valence-corrected chi connectivity index (χ4v) is 3.90. The van der Waals surface area contributed by atoms with Gasteiger partial charge in [-0.25, -0.2) is 4.79 Å². The molecule has 1 saturated carbocycles. The van der Waals surface area contributed by atoms with Gasteiger partial charge in [-0.05, 0) is 43.9 Å². The van der Waals surface area contributed by atoms with Crippen molar-refractivity contribution in [1.82, 2.24) is 10.2 Å². The van der Waals surface area contributed by atoms with Crippen LogP contribution in [0.25, 0.3) is 0 Å². The first-order chi connectivity index (χ1) is 11.3. The Hall–Kier alpha value is -2.08. The quantitative estimate of drug-likeness (QED) is 0.823. The molecule has 0 radical (unpaired) electrons. The van der Waals surface area contributed by atoms with E-state index in [4.69, 9.17) is 11.6 Å². The predicted molar refractivity (Wildman–Crippen MR) is 91.0 cm³/mol. The van der Waals surface area contributed by atoms with E-state index >= 15 is 0 Å². The number of nitrogens with one attached hydrogen (secondary N) is 2. The maximum Gasteiger partial charge on any atom is 0.325 e. The highest BCUT2D eigenvalue weighted by Gasteiger charge is 2.52. The highest BCUT2D eigenvalue weighted by molar-refractivity contribution is 6.34. The van der Waals surface area contributed by atoms with E-state index < -0.39 is 17.5 Å². The lowest BCUT2D eigenvalue weighted by atomic mass is 9.98. The monoisotopic (exact) mass is 349 g/mol. The zero-order valence-corrected chi connectivity index (χ0v) is 14.5. The summed E-state index contributed by atoms with van der Waals surface area (Å²) in [6.07, 6.45) is 3.09. The molecule has 1 aliphatic carbocycles. The van der Waals surface area contributed by atoms with Gasteiger partial charge in [0.2, 0.25) is 5.91 Å². The second-order valence-corrected chi connectivity index (χ2v) is 7.00. The van der Waals surface area contributed by atoms with Gasteiger partial charge in [-0.2, -0.15) is 0 Å². The van der Waals surface area contributed by atoms with Gasteiger partial charge in [0, 0.05) is 0 Å². The summed E-state index contributed by atoms with van der Waals surface area (Å²) in [6, 6.07) is 3.16. The van der Waals surface area contributed by atoms with Gasteiger partial charge in [0.1, 0.15) is 12.1 Å². The molecule has 2 fully saturated rings. The molecule has 7 heteroatoms. The van der Waals surface area contributed by atoms with Gasteiger partial charge in [0.15, 0.2) is 0 Å². The van der Waals surface area contributed by atoms with Crippen LogP contribution in [-0.2, 0) is 9.59 Å². The largest absolute Gasteiger partial charge is 0.325 e. The van der Waals surface area contributed by atoms with Crippen molar-refractivity contribution in [3.05, 3.63) is 28.3 Å². The van der Waals surface area contributed by atoms with Crippen molar-refractivity contribution < 1.29 is 14.4 Å². The number of nitrogens with zero attached hydrogens (tertiary/aromatic N) is 1. The third kappa shape index (κ3) is 2.86. The van der Waals surface area contributed by atoms with Crippen molar-refractivity contribution in [2.45, 2.75) is 45.1 Å². The van der Waals surface area contributed by atoms with Gasteiger partial charge < -0.3 is 10.6 Å². The molecule has 6 nitrogen and oxygen atoms in total. The maximum atomic E-state index is 12.5. The molecule has 0 bridgehead atoms. The highest BCUT2D eigenvalue weighted by atomic mass is 35.5. The van der Waals surface area contributed by atoms with E-state index in [1.807, 2.05) is 19.9 Å². The Morgan fingerprint density at radius 3 is 2.58 bits per heavy atom. The van der Waals surface area contributed by atoms with Crippen LogP contribution >= 0.6 is 11.6 Å². The third-order valence-corrected chi connectivity index (χ3v) is 5.00. The summed E-state index contributed by atoms with van der Waals surface area (Å²) < 4.78 is 0. The van der Waals surface area contributed by atoms with E-state index in [0.29, 0.717) is 23.6 Å². The van der Waals surface area contributed by atoms with Gasteiger partial charge in [-0.3, -0.25) is 14.5 Å². The molecule has 1 aliphatic heterocycles. The van der Waals surface area contributed by atoms with E-state index in [1.54, 1.807) is 6.07 Å². The first-order valence-electron chi connectivity index (χ1n) is 8.03. The SMILES string of the molecule is Cc1cc(C)c(NC(=O)CN2C(=O)NC3(CCCC3)C2=O)c(Cl)c1. The van der Waals surface area contributed by atoms with Gasteiger partial charge in [0.05, 0.1) is 10.7 Å². The molecule has 0 unspecified atom stereocenters. The number of rotatable bonds is 3. The van der Waals surface area contributed by atoms with Crippen LogP contribution in [0.2, 0.25) is 5.02 Å². The van der Waals surface area contributed by atoms with Gasteiger partial charge in [0.25, 0.3) is 5.91 Å². The number of hydrogen-bond acceptors (Lipinski definition) is 3. The molecule has 3 rings (SSSR count). The van der Waals surface area contributed by atoms with Crippen molar-refractivity contribution >= 4 is 35.1 Å². The molecule has 4 amide bonds. The van der Waals surface area contributed by atoms with E-state index in [1.165, 1.54) is 0 Å². The summed E-state index contributed by atoms with van der Waals surface area (Å²) in [5.74, 6) is -0.741. The predicted octanol–water partition coefficient (Wildman–Crippen LogP) is 2.76. The minimum Gasteiger partial charge on any atom is -0.323 e. The van der Waals surface area contributed by atoms with Crippen LogP contribution < -0.4 is 10.6 Å². The van der Waals surface area contributed by atoms with Crippen molar-refractivity contribution in [1.29, 1.82) is 0 Å². The molecule has 1 saturated heterocycles. The summed E-state index contributed by atoms with van der Waals surface area (Å²) in [5.41, 5.74) is 1.54. The first kappa shape index (κ1) is 16.8. The Morgan fingerprint density at radius 1 is 1.29 bits per heavy atom. The number of urea groups is 1. The van der Waals surface area contributed by atoms with Crippen LogP contribution in [0.5, 0.6) is 0 Å². The number of carbonyl (C=O) groups excluding carboxylic acids is 3. The highest BCUT2D eigenvalue weighted by Crippen LogP contribution is 2.35. The molecule has 2 aliphatic rings. The van der Waals surface area contributed by atoms with Crippen molar-refractivity contribution in [2.24, 2.45) is 0 Å². The average Bonchev–Trinajstić information content (AvgIpc) is 3.04. The minimum absolute atomic E-state index is 0.299. The summed E-state index contributed by atoms with van der Waals surface area (Å²) in [5, 5.41) is 5.90. The number of halogens is 1. The second kappa shape index (κ2) is 6.09. The number of aryl methyl sites for hydroxylation is 2. The lowest BCUT2D eigenvalue weighted by molar-refractivity contribution is -0.133. The number of amides is 4. The van der Waals surface area contributed by atoms with Gasteiger partial charge in [-0.15, -0.1) is 0 Å². The van der Waals surface area contributed by atoms with Crippen LogP contribution in [0, 0.1) is 13.8 Å². The van der Waals surface area contributed by atoms with Crippen molar-refractivity contribution in [3.63, 3.8) is 0 Å². The van der Waals surface area contributed by atoms with Crippen LogP contribution in [0.3, 0.4) is 0 Å². The number of carbonyl (C=O) groups is 3. The van der Waals surface area contributed by atoms with Crippen LogP contribution in [0.4, 0.5) is 10.5 Å². The number of anilines is 1. The van der Waals surface area contributed by atoms with Gasteiger partial charge >= 0.3 is 6.03 Å². The Labute approximate surface area is 145 Å². The molecule has 2 N–H and O–H groups in total. The molecule has 1 spiro atoms. The third-order valence-electron chi connectivity index (χ3n) is 4.70. The zero-order chi connectivity index (χ0) is 17.5. The molecular weight excluding hydrogens is 330 g/mol. The second-order valence-electron chi connectivity index (χ2n) is 6.60. The van der Waals surface area contributed by atoms with E-state index in [-0.39, 0.29) is 12.5 Å². The van der Waals surface area contributed by atoms with E-state index in [0.717, 1.165) is 28.9 Å². The summed E-state index contributed by atoms with van der Waals surface area (Å²) in [4.78, 5) is 37.9. The fourth-order valence-electron chi connectivity index (χ4n) is 3.53. The van der Waals surface area contributed by atoms with Gasteiger partial charge in [-0.1, -0.05) is 30.5 Å². The number of benzene rings is 1. The molecule has 0 aromatic heterocycles. The molecule has 128 valence electrons. The molecule has 24 heavy (non-hydrogen) atoms. The average molecular weight is 350 g/mol. The normalized spacial score (nSPS) is 19.0. The molecule has 1 aromatic rings. The summed E-state index contributed by atoms with van der Waals surface area (Å²) in [6.45, 7) is 3.45. The standard InChI is InChI=1S/C17H20ClN3O3/c1-10-7-11(2)14(12(18)8-10)19-13(22)9-21-15(23)17(20-16(21)24)5-3-4-6-17/h7-8H,3-6,9H2,1-2H3,(H,19,22)(H,20,24). The zero-order valence-electron chi connectivity index (χ0n) is 13.7. The fraction of sp³-hybridized carbons (Fsp3) is 0.471. The molecule has 1 aromatic carbocycles. The van der Waals surface area contributed by atoms with Crippen LogP contribution in [0.15, 0.2) is 12.1 Å². The van der Waals surface area contributed by atoms with Crippen molar-refractivity contribution in [3.8, 4) is 0 Å². The first-order valence-corrected chi connectivity index (χ1v) is 8.41. The number of hydrogen-bond donors (Lipinski definition) is 2. The Kier molecular flexibility index (Phi) is 4.25. The van der Waals surface area contributed by atoms with E-state index in [9.17, 15) is 14.4 Å². The lowest BCUT2D eigenvalue weighted by Crippen LogP contribution is -2.44. The number of imide groups is 1. The summed E-state index contributed by atoms with van der Waals surface area (Å²) in [7, 11) is 0. The van der Waals surface area contributed by atoms with Crippen molar-refractivity contribution in [2.75, 3.05) is 11.9 Å². The topological polar surface area (TPSA) is 78.5 Å². The lowest BCUT2D eigenvalue weighted by Gasteiger charge is -2.20. The minimum atomic E-state index is -0.797. The molecule has 1 heterocycles. The molecule has 0 atom stereocenters. The van der Waals surface area contributed by atoms with Crippen LogP contribution in [0.1, 0.15) is 36.8 Å². The Morgan fingerprint density at radius 2 is 1.96 bits per heavy atom. The van der Waals surface area contributed by atoms with Crippen LogP contribution in [-0.4, -0.2) is 34.8 Å². The maximum absolute atomic E-state index is 12.5. The molecular formula is C17H20ClN3O3. The van der Waals surface area contributed by atoms with E-state index in [2.05, 4.69) is 10.6 Å². The smallest absolute Gasteiger partial charge is 0.323 e. The summed E-state index contributed by atoms with van der Waals surface area (Å²) >= 11 is 6.18. The Bertz CT molecular complexity index is 703. The Balaban J connectivity index is 1.72.